The van der Waals surface area contributed by atoms with Gasteiger partial charge in [0.2, 0.25) is 0 Å². The van der Waals surface area contributed by atoms with E-state index in [1.54, 1.807) is 6.07 Å². The van der Waals surface area contributed by atoms with Crippen molar-refractivity contribution in [2.45, 2.75) is 26.4 Å². The van der Waals surface area contributed by atoms with Crippen LogP contribution in [0.4, 0.5) is 0 Å². The molecule has 23 heavy (non-hydrogen) atoms. The Kier molecular flexibility index (Phi) is 4.43. The lowest BCUT2D eigenvalue weighted by Gasteiger charge is -2.07. The maximum absolute atomic E-state index is 12.3. The van der Waals surface area contributed by atoms with Crippen LogP contribution in [0.3, 0.4) is 0 Å². The Morgan fingerprint density at radius 2 is 1.96 bits per heavy atom. The maximum atomic E-state index is 12.3. The number of rotatable bonds is 4. The molecule has 1 N–H and O–H groups in total. The number of carbonyl (C=O) groups is 1. The van der Waals surface area contributed by atoms with Gasteiger partial charge in [-0.05, 0) is 49.7 Å². The van der Waals surface area contributed by atoms with Crippen LogP contribution < -0.4 is 5.32 Å². The third kappa shape index (κ3) is 3.42. The van der Waals surface area contributed by atoms with E-state index < -0.39 is 0 Å². The lowest BCUT2D eigenvalue weighted by Crippen LogP contribution is -2.22. The van der Waals surface area contributed by atoms with Gasteiger partial charge >= 0.3 is 0 Å². The minimum atomic E-state index is -0.117. The third-order valence-electron chi connectivity index (χ3n) is 3.59. The summed E-state index contributed by atoms with van der Waals surface area (Å²) in [5.74, 6) is -0.117. The first-order valence-electron chi connectivity index (χ1n) is 7.42. The fourth-order valence-electron chi connectivity index (χ4n) is 2.35. The first-order valence-corrected chi connectivity index (χ1v) is 8.21. The highest BCUT2D eigenvalue weighted by molar-refractivity contribution is 9.10. The number of amides is 1. The predicted molar refractivity (Wildman–Crippen MR) is 93.2 cm³/mol. The van der Waals surface area contributed by atoms with E-state index >= 15 is 0 Å². The lowest BCUT2D eigenvalue weighted by atomic mass is 10.1. The second-order valence-electron chi connectivity index (χ2n) is 5.64. The summed E-state index contributed by atoms with van der Waals surface area (Å²) >= 11 is 3.40. The van der Waals surface area contributed by atoms with Crippen LogP contribution in [-0.2, 0) is 6.54 Å². The highest BCUT2D eigenvalue weighted by atomic mass is 79.9. The predicted octanol–water partition coefficient (Wildman–Crippen LogP) is 3.70. The number of aromatic nitrogens is 3. The summed E-state index contributed by atoms with van der Waals surface area (Å²) in [5, 5.41) is 11.2. The van der Waals surface area contributed by atoms with Gasteiger partial charge in [-0.1, -0.05) is 33.3 Å². The van der Waals surface area contributed by atoms with Crippen LogP contribution in [0.1, 0.15) is 35.8 Å². The quantitative estimate of drug-likeness (QED) is 0.759. The SMILES string of the molecule is CC(C)n1nnc2cc(C(=O)NCc3ccc(Br)cc3)ccc21. The van der Waals surface area contributed by atoms with E-state index in [1.165, 1.54) is 0 Å². The Bertz CT molecular complexity index is 839. The molecule has 2 aromatic carbocycles. The normalized spacial score (nSPS) is 11.1. The monoisotopic (exact) mass is 372 g/mol. The minimum Gasteiger partial charge on any atom is -0.348 e. The summed E-state index contributed by atoms with van der Waals surface area (Å²) < 4.78 is 2.87. The number of nitrogens with zero attached hydrogens (tertiary/aromatic N) is 3. The Morgan fingerprint density at radius 3 is 2.65 bits per heavy atom. The van der Waals surface area contributed by atoms with Crippen LogP contribution in [0, 0.1) is 0 Å². The Morgan fingerprint density at radius 1 is 1.22 bits per heavy atom. The van der Waals surface area contributed by atoms with E-state index in [0.717, 1.165) is 21.1 Å². The topological polar surface area (TPSA) is 59.8 Å². The van der Waals surface area contributed by atoms with Crippen LogP contribution in [0.15, 0.2) is 46.9 Å². The number of halogens is 1. The first kappa shape index (κ1) is 15.7. The standard InChI is InChI=1S/C17H17BrN4O/c1-11(2)22-16-8-5-13(9-15(16)20-21-22)17(23)19-10-12-3-6-14(18)7-4-12/h3-9,11H,10H2,1-2H3,(H,19,23). The summed E-state index contributed by atoms with van der Waals surface area (Å²) in [6.07, 6.45) is 0. The summed E-state index contributed by atoms with van der Waals surface area (Å²) in [4.78, 5) is 12.3. The zero-order valence-electron chi connectivity index (χ0n) is 13.0. The number of hydrogen-bond acceptors (Lipinski definition) is 3. The van der Waals surface area contributed by atoms with E-state index in [0.29, 0.717) is 12.1 Å². The van der Waals surface area contributed by atoms with Crippen LogP contribution in [0.5, 0.6) is 0 Å². The van der Waals surface area contributed by atoms with Crippen molar-refractivity contribution in [1.29, 1.82) is 0 Å². The molecule has 0 bridgehead atoms. The largest absolute Gasteiger partial charge is 0.348 e. The van der Waals surface area contributed by atoms with Gasteiger partial charge in [-0.3, -0.25) is 4.79 Å². The Balaban J connectivity index is 1.74. The van der Waals surface area contributed by atoms with E-state index in [2.05, 4.69) is 31.6 Å². The van der Waals surface area contributed by atoms with Crippen molar-refractivity contribution in [2.75, 3.05) is 0 Å². The van der Waals surface area contributed by atoms with E-state index in [9.17, 15) is 4.79 Å². The summed E-state index contributed by atoms with van der Waals surface area (Å²) in [5.41, 5.74) is 3.30. The zero-order valence-corrected chi connectivity index (χ0v) is 14.5. The molecular formula is C17H17BrN4O. The van der Waals surface area contributed by atoms with Crippen molar-refractivity contribution in [3.63, 3.8) is 0 Å². The molecule has 1 heterocycles. The van der Waals surface area contributed by atoms with Gasteiger partial charge in [-0.25, -0.2) is 4.68 Å². The van der Waals surface area contributed by atoms with E-state index in [-0.39, 0.29) is 11.9 Å². The highest BCUT2D eigenvalue weighted by Crippen LogP contribution is 2.17. The maximum Gasteiger partial charge on any atom is 0.251 e. The number of fused-ring (bicyclic) bond motifs is 1. The van der Waals surface area contributed by atoms with Crippen molar-refractivity contribution < 1.29 is 4.79 Å². The van der Waals surface area contributed by atoms with Gasteiger partial charge in [-0.15, -0.1) is 5.10 Å². The van der Waals surface area contributed by atoms with Gasteiger partial charge in [-0.2, -0.15) is 0 Å². The molecule has 0 saturated heterocycles. The van der Waals surface area contributed by atoms with Crippen molar-refractivity contribution in [3.05, 3.63) is 58.1 Å². The molecule has 0 radical (unpaired) electrons. The Labute approximate surface area is 142 Å². The highest BCUT2D eigenvalue weighted by Gasteiger charge is 2.11. The molecule has 5 nitrogen and oxygen atoms in total. The molecule has 3 rings (SSSR count). The average molecular weight is 373 g/mol. The smallest absolute Gasteiger partial charge is 0.251 e. The summed E-state index contributed by atoms with van der Waals surface area (Å²) in [6.45, 7) is 4.59. The molecule has 0 aliphatic rings. The lowest BCUT2D eigenvalue weighted by molar-refractivity contribution is 0.0951. The fraction of sp³-hybridized carbons (Fsp3) is 0.235. The number of nitrogens with one attached hydrogen (secondary N) is 1. The number of hydrogen-bond donors (Lipinski definition) is 1. The van der Waals surface area contributed by atoms with Gasteiger partial charge in [0.05, 0.1) is 5.52 Å². The van der Waals surface area contributed by atoms with Crippen molar-refractivity contribution in [3.8, 4) is 0 Å². The molecule has 118 valence electrons. The van der Waals surface area contributed by atoms with Gasteiger partial charge in [0.1, 0.15) is 5.52 Å². The first-order chi connectivity index (χ1) is 11.0. The summed E-state index contributed by atoms with van der Waals surface area (Å²) in [6, 6.07) is 13.6. The average Bonchev–Trinajstić information content (AvgIpc) is 2.97. The summed E-state index contributed by atoms with van der Waals surface area (Å²) in [7, 11) is 0. The zero-order chi connectivity index (χ0) is 16.4. The molecule has 1 aromatic heterocycles. The van der Waals surface area contributed by atoms with Gasteiger partial charge < -0.3 is 5.32 Å². The second-order valence-corrected chi connectivity index (χ2v) is 6.56. The van der Waals surface area contributed by atoms with Crippen LogP contribution in [-0.4, -0.2) is 20.9 Å². The molecular weight excluding hydrogens is 356 g/mol. The number of benzene rings is 2. The van der Waals surface area contributed by atoms with Gasteiger partial charge in [0.15, 0.2) is 0 Å². The van der Waals surface area contributed by atoms with E-state index in [4.69, 9.17) is 0 Å². The molecule has 0 spiro atoms. The van der Waals surface area contributed by atoms with Crippen LogP contribution >= 0.6 is 15.9 Å². The van der Waals surface area contributed by atoms with Gasteiger partial charge in [0.25, 0.3) is 5.91 Å². The Hall–Kier alpha value is -2.21. The minimum absolute atomic E-state index is 0.117. The molecule has 6 heteroatoms. The van der Waals surface area contributed by atoms with E-state index in [1.807, 2.05) is 54.9 Å². The molecule has 0 aliphatic heterocycles. The second kappa shape index (κ2) is 6.50. The van der Waals surface area contributed by atoms with Gasteiger partial charge in [0, 0.05) is 22.6 Å². The third-order valence-corrected chi connectivity index (χ3v) is 4.12. The van der Waals surface area contributed by atoms with Crippen molar-refractivity contribution in [2.24, 2.45) is 0 Å². The molecule has 0 fully saturated rings. The number of carbonyl (C=O) groups excluding carboxylic acids is 1. The van der Waals surface area contributed by atoms with Crippen molar-refractivity contribution >= 4 is 32.9 Å². The molecule has 0 atom stereocenters. The molecule has 0 aliphatic carbocycles. The van der Waals surface area contributed by atoms with Crippen LogP contribution in [0.2, 0.25) is 0 Å². The molecule has 3 aromatic rings. The molecule has 1 amide bonds. The molecule has 0 unspecified atom stereocenters. The fourth-order valence-corrected chi connectivity index (χ4v) is 2.62. The van der Waals surface area contributed by atoms with Crippen LogP contribution in [0.25, 0.3) is 11.0 Å². The molecule has 0 saturated carbocycles. The van der Waals surface area contributed by atoms with Crippen molar-refractivity contribution in [1.82, 2.24) is 20.3 Å².